The first kappa shape index (κ1) is 13.4. The maximum Gasteiger partial charge on any atom is 0.244 e. The van der Waals surface area contributed by atoms with Crippen LogP contribution in [0.1, 0.15) is 13.8 Å². The fourth-order valence-corrected chi connectivity index (χ4v) is 2.17. The summed E-state index contributed by atoms with van der Waals surface area (Å²) in [6, 6.07) is 7.95. The van der Waals surface area contributed by atoms with Crippen LogP contribution in [0.2, 0.25) is 0 Å². The highest BCUT2D eigenvalue weighted by molar-refractivity contribution is 7.94. The van der Waals surface area contributed by atoms with Gasteiger partial charge in [0.25, 0.3) is 0 Å². The van der Waals surface area contributed by atoms with E-state index in [2.05, 4.69) is 5.32 Å². The molecule has 0 aromatic heterocycles. The van der Waals surface area contributed by atoms with Gasteiger partial charge < -0.3 is 5.32 Å². The molecular formula is C12H15NO3S. The van der Waals surface area contributed by atoms with Crippen molar-refractivity contribution < 1.29 is 13.2 Å². The summed E-state index contributed by atoms with van der Waals surface area (Å²) in [5.74, 6) is -0.417. The second-order valence-electron chi connectivity index (χ2n) is 3.82. The van der Waals surface area contributed by atoms with Crippen LogP contribution in [-0.4, -0.2) is 20.4 Å². The smallest absolute Gasteiger partial charge is 0.244 e. The van der Waals surface area contributed by atoms with Gasteiger partial charge in [0, 0.05) is 17.5 Å². The molecule has 92 valence electrons. The van der Waals surface area contributed by atoms with Crippen molar-refractivity contribution in [3.8, 4) is 0 Å². The van der Waals surface area contributed by atoms with E-state index < -0.39 is 15.7 Å². The number of hydrogen-bond acceptors (Lipinski definition) is 3. The topological polar surface area (TPSA) is 63.2 Å². The molecule has 5 heteroatoms. The van der Waals surface area contributed by atoms with Crippen LogP contribution in [0.5, 0.6) is 0 Å². The summed E-state index contributed by atoms with van der Waals surface area (Å²) in [5.41, 5.74) is 0. The summed E-state index contributed by atoms with van der Waals surface area (Å²) in [4.78, 5) is 11.4. The molecule has 1 N–H and O–H groups in total. The third-order valence-electron chi connectivity index (χ3n) is 1.90. The third kappa shape index (κ3) is 4.40. The number of carbonyl (C=O) groups excluding carboxylic acids is 1. The van der Waals surface area contributed by atoms with E-state index in [4.69, 9.17) is 0 Å². The van der Waals surface area contributed by atoms with Crippen LogP contribution < -0.4 is 5.32 Å². The van der Waals surface area contributed by atoms with Gasteiger partial charge in [0.05, 0.1) is 4.90 Å². The van der Waals surface area contributed by atoms with E-state index >= 15 is 0 Å². The average Bonchev–Trinajstić information content (AvgIpc) is 2.27. The van der Waals surface area contributed by atoms with Gasteiger partial charge in [-0.2, -0.15) is 0 Å². The molecule has 1 aromatic carbocycles. The number of nitrogens with one attached hydrogen (secondary N) is 1. The van der Waals surface area contributed by atoms with E-state index in [1.54, 1.807) is 32.0 Å². The van der Waals surface area contributed by atoms with Gasteiger partial charge in [-0.05, 0) is 26.0 Å². The average molecular weight is 253 g/mol. The normalized spacial score (nSPS) is 11.9. The molecule has 0 aliphatic heterocycles. The van der Waals surface area contributed by atoms with Crippen molar-refractivity contribution in [1.29, 1.82) is 0 Å². The molecule has 0 heterocycles. The first-order valence-electron chi connectivity index (χ1n) is 5.20. The first-order valence-corrected chi connectivity index (χ1v) is 6.75. The zero-order valence-corrected chi connectivity index (χ0v) is 10.6. The fraction of sp³-hybridized carbons (Fsp3) is 0.250. The van der Waals surface area contributed by atoms with E-state index in [1.807, 2.05) is 0 Å². The number of sulfone groups is 1. The van der Waals surface area contributed by atoms with Crippen LogP contribution in [0, 0.1) is 0 Å². The van der Waals surface area contributed by atoms with Gasteiger partial charge >= 0.3 is 0 Å². The van der Waals surface area contributed by atoms with Gasteiger partial charge in [-0.15, -0.1) is 0 Å². The predicted octanol–water partition coefficient (Wildman–Crippen LogP) is 1.50. The van der Waals surface area contributed by atoms with Gasteiger partial charge in [-0.1, -0.05) is 18.2 Å². The first-order chi connectivity index (χ1) is 7.92. The minimum atomic E-state index is -3.53. The molecule has 0 aliphatic rings. The Kier molecular flexibility index (Phi) is 4.45. The Labute approximate surface area is 101 Å². The predicted molar refractivity (Wildman–Crippen MR) is 66.0 cm³/mol. The van der Waals surface area contributed by atoms with E-state index in [0.717, 1.165) is 11.5 Å². The number of rotatable bonds is 4. The van der Waals surface area contributed by atoms with Crippen LogP contribution in [-0.2, 0) is 14.6 Å². The van der Waals surface area contributed by atoms with Crippen LogP contribution in [0.15, 0.2) is 46.7 Å². The summed E-state index contributed by atoms with van der Waals surface area (Å²) in [6.07, 6.45) is 1.03. The van der Waals surface area contributed by atoms with Gasteiger partial charge in [-0.3, -0.25) is 4.79 Å². The van der Waals surface area contributed by atoms with E-state index in [0.29, 0.717) is 0 Å². The Hall–Kier alpha value is -1.62. The van der Waals surface area contributed by atoms with E-state index in [1.165, 1.54) is 12.1 Å². The molecule has 0 unspecified atom stereocenters. The molecule has 0 bridgehead atoms. The van der Waals surface area contributed by atoms with Crippen molar-refractivity contribution in [2.75, 3.05) is 0 Å². The van der Waals surface area contributed by atoms with Gasteiger partial charge in [0.2, 0.25) is 5.91 Å². The van der Waals surface area contributed by atoms with Crippen molar-refractivity contribution >= 4 is 15.7 Å². The Bertz CT molecular complexity index is 504. The van der Waals surface area contributed by atoms with Crippen LogP contribution in [0.25, 0.3) is 0 Å². The summed E-state index contributed by atoms with van der Waals surface area (Å²) in [5, 5.41) is 3.49. The minimum Gasteiger partial charge on any atom is -0.350 e. The van der Waals surface area contributed by atoms with E-state index in [-0.39, 0.29) is 10.9 Å². The quantitative estimate of drug-likeness (QED) is 0.827. The highest BCUT2D eigenvalue weighted by Gasteiger charge is 2.09. The molecule has 4 nitrogen and oxygen atoms in total. The lowest BCUT2D eigenvalue weighted by atomic mass is 10.4. The molecule has 0 saturated carbocycles. The molecule has 1 amide bonds. The molecule has 1 aromatic rings. The lowest BCUT2D eigenvalue weighted by molar-refractivity contribution is -0.116. The Balaban J connectivity index is 2.81. The van der Waals surface area contributed by atoms with Crippen LogP contribution in [0.3, 0.4) is 0 Å². The molecule has 0 spiro atoms. The molecule has 0 fully saturated rings. The lowest BCUT2D eigenvalue weighted by Crippen LogP contribution is -2.28. The van der Waals surface area contributed by atoms with Crippen molar-refractivity contribution in [3.05, 3.63) is 41.8 Å². The van der Waals surface area contributed by atoms with Crippen molar-refractivity contribution in [2.24, 2.45) is 0 Å². The van der Waals surface area contributed by atoms with Crippen molar-refractivity contribution in [1.82, 2.24) is 5.32 Å². The minimum absolute atomic E-state index is 0.0217. The molecule has 0 atom stereocenters. The number of amides is 1. The third-order valence-corrected chi connectivity index (χ3v) is 3.32. The summed E-state index contributed by atoms with van der Waals surface area (Å²) in [7, 11) is -3.53. The van der Waals surface area contributed by atoms with Crippen molar-refractivity contribution in [2.45, 2.75) is 24.8 Å². The van der Waals surface area contributed by atoms with Gasteiger partial charge in [-0.25, -0.2) is 8.42 Å². The molecule has 0 saturated heterocycles. The molecule has 0 radical (unpaired) electrons. The standard InChI is InChI=1S/C12H15NO3S/c1-10(2)13-12(14)8-9-17(15,16)11-6-4-3-5-7-11/h3-10H,1-2H3,(H,13,14). The number of carbonyl (C=O) groups is 1. The molecule has 17 heavy (non-hydrogen) atoms. The summed E-state index contributed by atoms with van der Waals surface area (Å²) in [6.45, 7) is 3.61. The fourth-order valence-electron chi connectivity index (χ4n) is 1.17. The SMILES string of the molecule is CC(C)NC(=O)C=CS(=O)(=O)c1ccccc1. The second kappa shape index (κ2) is 5.63. The largest absolute Gasteiger partial charge is 0.350 e. The van der Waals surface area contributed by atoms with Gasteiger partial charge in [0.1, 0.15) is 0 Å². The molecule has 0 aliphatic carbocycles. The highest BCUT2D eigenvalue weighted by atomic mass is 32.2. The Morgan fingerprint density at radius 2 is 1.82 bits per heavy atom. The second-order valence-corrected chi connectivity index (χ2v) is 5.66. The maximum absolute atomic E-state index is 11.8. The van der Waals surface area contributed by atoms with Crippen LogP contribution in [0.4, 0.5) is 0 Å². The monoisotopic (exact) mass is 253 g/mol. The zero-order chi connectivity index (χ0) is 12.9. The molecule has 1 rings (SSSR count). The van der Waals surface area contributed by atoms with Crippen LogP contribution >= 0.6 is 0 Å². The Morgan fingerprint density at radius 1 is 1.24 bits per heavy atom. The van der Waals surface area contributed by atoms with Gasteiger partial charge in [0.15, 0.2) is 9.84 Å². The zero-order valence-electron chi connectivity index (χ0n) is 9.75. The van der Waals surface area contributed by atoms with Crippen molar-refractivity contribution in [3.63, 3.8) is 0 Å². The highest BCUT2D eigenvalue weighted by Crippen LogP contribution is 2.10. The number of hydrogen-bond donors (Lipinski definition) is 1. The maximum atomic E-state index is 11.8. The summed E-state index contributed by atoms with van der Waals surface area (Å²) < 4.78 is 23.5. The Morgan fingerprint density at radius 3 is 2.35 bits per heavy atom. The lowest BCUT2D eigenvalue weighted by Gasteiger charge is -2.04. The summed E-state index contributed by atoms with van der Waals surface area (Å²) >= 11 is 0. The molecular weight excluding hydrogens is 238 g/mol. The van der Waals surface area contributed by atoms with E-state index in [9.17, 15) is 13.2 Å². The number of benzene rings is 1.